The molecule has 10 atom stereocenters. The highest BCUT2D eigenvalue weighted by Gasteiger charge is 2.64. The van der Waals surface area contributed by atoms with Crippen LogP contribution in [-0.2, 0) is 37.1 Å². The molecule has 268 valence electrons. The first-order valence-corrected chi connectivity index (χ1v) is 19.9. The molecule has 0 aromatic carbocycles. The number of nitrogens with zero attached hydrogens (tertiary/aromatic N) is 8. The van der Waals surface area contributed by atoms with Crippen LogP contribution in [-0.4, -0.2) is 131 Å². The zero-order chi connectivity index (χ0) is 34.6. The molecule has 8 rings (SSSR count). The highest BCUT2D eigenvalue weighted by atomic mass is 32.7. The van der Waals surface area contributed by atoms with Crippen molar-refractivity contribution in [1.82, 2.24) is 39.0 Å². The number of aliphatic hydroxyl groups excluding tert-OH is 2. The zero-order valence-electron chi connectivity index (χ0n) is 26.3. The second-order valence-electron chi connectivity index (χ2n) is 12.1. The predicted molar refractivity (Wildman–Crippen MR) is 176 cm³/mol. The van der Waals surface area contributed by atoms with Crippen molar-refractivity contribution in [2.24, 2.45) is 0 Å². The SMILES string of the molecule is C[PH](=O)O[C@H]1[C@H]2OC[C@]1(CO)O[C@H]2n1cnc2c(OC/C=C/CNc3ncnc4c3ncn4[C@@H]3O[C@@]4(CO)CO[C@@H]3[C@@H]4O[PH](=O)S)ncnc21. The van der Waals surface area contributed by atoms with Gasteiger partial charge in [-0.3, -0.25) is 18.3 Å². The van der Waals surface area contributed by atoms with Gasteiger partial charge in [-0.25, -0.2) is 24.9 Å². The Morgan fingerprint density at radius 3 is 2.12 bits per heavy atom. The van der Waals surface area contributed by atoms with E-state index in [4.69, 9.17) is 32.7 Å². The molecule has 0 amide bonds. The molecule has 0 saturated carbocycles. The Balaban J connectivity index is 0.905. The van der Waals surface area contributed by atoms with Gasteiger partial charge in [0.05, 0.1) is 39.1 Å². The lowest BCUT2D eigenvalue weighted by atomic mass is 10.0. The molecule has 4 saturated heterocycles. The van der Waals surface area contributed by atoms with Crippen LogP contribution in [0.15, 0.2) is 37.5 Å². The van der Waals surface area contributed by atoms with E-state index in [1.54, 1.807) is 21.5 Å². The van der Waals surface area contributed by atoms with Crippen molar-refractivity contribution >= 4 is 55.7 Å². The summed E-state index contributed by atoms with van der Waals surface area (Å²) in [6.07, 6.45) is 5.25. The first-order valence-electron chi connectivity index (χ1n) is 15.5. The van der Waals surface area contributed by atoms with Crippen LogP contribution in [0.3, 0.4) is 0 Å². The average Bonchev–Trinajstić information content (AvgIpc) is 3.96. The van der Waals surface area contributed by atoms with Gasteiger partial charge in [0.1, 0.15) is 54.9 Å². The van der Waals surface area contributed by atoms with Crippen molar-refractivity contribution in [3.63, 3.8) is 0 Å². The van der Waals surface area contributed by atoms with Crippen LogP contribution in [0.4, 0.5) is 5.82 Å². The summed E-state index contributed by atoms with van der Waals surface area (Å²) in [5.41, 5.74) is -0.530. The number of aliphatic hydroxyl groups is 2. The Hall–Kier alpha value is -3.07. The van der Waals surface area contributed by atoms with Crippen LogP contribution in [0.1, 0.15) is 12.5 Å². The smallest absolute Gasteiger partial charge is 0.245 e. The molecule has 50 heavy (non-hydrogen) atoms. The van der Waals surface area contributed by atoms with Gasteiger partial charge >= 0.3 is 0 Å². The molecule has 23 heteroatoms. The standard InChI is InChI=1S/C27H33N9O11P2S/c1-48(39)46-18-16-24(44-26(18,6-37)8-42-16)36-13-34-15-22(36)31-11-32-23(15)41-5-3-2-4-28-20-14-21(30-10-29-20)35(12-33-14)25-17-19(47-49(40)50)27(7-38,45-25)9-43-17/h2-3,10-13,16-19,24-25,37-38,48-49H,4-9H2,1H3,(H,40,50)(H,28,29,30)/b3-2+/t16-,17-,18+,19+,24-,25-,26+,27+/m1/s1. The zero-order valence-corrected chi connectivity index (χ0v) is 29.2. The summed E-state index contributed by atoms with van der Waals surface area (Å²) in [5.74, 6) is 0.733. The summed E-state index contributed by atoms with van der Waals surface area (Å²) >= 11 is 3.90. The Bertz CT molecular complexity index is 1850. The summed E-state index contributed by atoms with van der Waals surface area (Å²) in [7, 11) is -4.95. The molecule has 4 aromatic heterocycles. The number of thiol groups is 1. The number of ether oxygens (including phenoxy) is 5. The Morgan fingerprint density at radius 2 is 1.50 bits per heavy atom. The maximum Gasteiger partial charge on any atom is 0.245 e. The van der Waals surface area contributed by atoms with E-state index in [0.717, 1.165) is 0 Å². The van der Waals surface area contributed by atoms with Crippen molar-refractivity contribution in [1.29, 1.82) is 0 Å². The molecule has 8 heterocycles. The highest BCUT2D eigenvalue weighted by Crippen LogP contribution is 2.51. The molecule has 4 bridgehead atoms. The number of hydrogen-bond donors (Lipinski definition) is 4. The number of aromatic nitrogens is 8. The van der Waals surface area contributed by atoms with Gasteiger partial charge in [-0.15, -0.1) is 0 Å². The lowest BCUT2D eigenvalue weighted by Gasteiger charge is -2.29. The summed E-state index contributed by atoms with van der Waals surface area (Å²) in [5, 5.41) is 23.4. The molecule has 0 spiro atoms. The van der Waals surface area contributed by atoms with E-state index in [0.29, 0.717) is 34.7 Å². The van der Waals surface area contributed by atoms with Gasteiger partial charge in [-0.1, -0.05) is 18.3 Å². The molecule has 20 nitrogen and oxygen atoms in total. The van der Waals surface area contributed by atoms with E-state index in [1.165, 1.54) is 25.6 Å². The highest BCUT2D eigenvalue weighted by molar-refractivity contribution is 8.39. The molecule has 0 radical (unpaired) electrons. The monoisotopic (exact) mass is 753 g/mol. The van der Waals surface area contributed by atoms with E-state index in [2.05, 4.69) is 47.5 Å². The second kappa shape index (κ2) is 13.5. The minimum Gasteiger partial charge on any atom is -0.472 e. The maximum absolute atomic E-state index is 11.9. The molecule has 0 aliphatic carbocycles. The van der Waals surface area contributed by atoms with Gasteiger partial charge < -0.3 is 48.3 Å². The van der Waals surface area contributed by atoms with Crippen LogP contribution in [0.2, 0.25) is 0 Å². The van der Waals surface area contributed by atoms with Crippen LogP contribution >= 0.6 is 27.5 Å². The van der Waals surface area contributed by atoms with Crippen LogP contribution in [0, 0.1) is 0 Å². The summed E-state index contributed by atoms with van der Waals surface area (Å²) < 4.78 is 68.1. The molecule has 4 fully saturated rings. The minimum atomic E-state index is -2.62. The Kier molecular flexibility index (Phi) is 9.18. The van der Waals surface area contributed by atoms with E-state index < -0.39 is 63.3 Å². The quantitative estimate of drug-likeness (QED) is 0.0780. The van der Waals surface area contributed by atoms with E-state index >= 15 is 0 Å². The number of imidazole rings is 2. The Labute approximate surface area is 289 Å². The van der Waals surface area contributed by atoms with Crippen LogP contribution in [0.25, 0.3) is 22.3 Å². The lowest BCUT2D eigenvalue weighted by Crippen LogP contribution is -2.44. The molecule has 4 aliphatic heterocycles. The van der Waals surface area contributed by atoms with Gasteiger partial charge in [0.15, 0.2) is 48.6 Å². The van der Waals surface area contributed by atoms with Crippen molar-refractivity contribution in [3.05, 3.63) is 37.5 Å². The van der Waals surface area contributed by atoms with E-state index in [9.17, 15) is 19.3 Å². The fourth-order valence-corrected chi connectivity index (χ4v) is 8.44. The Morgan fingerprint density at radius 1 is 0.900 bits per heavy atom. The third kappa shape index (κ3) is 5.65. The van der Waals surface area contributed by atoms with Crippen molar-refractivity contribution in [3.8, 4) is 5.88 Å². The van der Waals surface area contributed by atoms with Crippen molar-refractivity contribution in [2.75, 3.05) is 51.6 Å². The van der Waals surface area contributed by atoms with Gasteiger partial charge in [-0.05, 0) is 6.08 Å². The second-order valence-corrected chi connectivity index (χ2v) is 15.1. The first kappa shape index (κ1) is 34.0. The third-order valence-electron chi connectivity index (χ3n) is 9.11. The summed E-state index contributed by atoms with van der Waals surface area (Å²) in [6, 6.07) is 0. The first-order chi connectivity index (χ1) is 24.3. The summed E-state index contributed by atoms with van der Waals surface area (Å²) in [6.45, 7) is 1.48. The van der Waals surface area contributed by atoms with Gasteiger partial charge in [-0.2, -0.15) is 4.98 Å². The van der Waals surface area contributed by atoms with E-state index in [1.807, 2.05) is 6.08 Å². The molecule has 4 aliphatic rings. The number of anilines is 1. The van der Waals surface area contributed by atoms with Crippen LogP contribution in [0.5, 0.6) is 5.88 Å². The molecule has 4 aromatic rings. The molecular weight excluding hydrogens is 720 g/mol. The topological polar surface area (TPSA) is 238 Å². The number of hydrogen-bond acceptors (Lipinski definition) is 18. The van der Waals surface area contributed by atoms with Gasteiger partial charge in [0, 0.05) is 13.2 Å². The fraction of sp³-hybridized carbons (Fsp3) is 0.556. The number of rotatable bonds is 14. The maximum atomic E-state index is 11.9. The summed E-state index contributed by atoms with van der Waals surface area (Å²) in [4.78, 5) is 26.2. The molecular formula is C27H33N9O11P2S. The lowest BCUT2D eigenvalue weighted by molar-refractivity contribution is -0.184. The molecule has 2 unspecified atom stereocenters. The number of nitrogens with one attached hydrogen (secondary N) is 1. The normalized spacial score (nSPS) is 32.9. The van der Waals surface area contributed by atoms with Gasteiger partial charge in [0.2, 0.25) is 13.1 Å². The predicted octanol–water partition coefficient (Wildman–Crippen LogP) is 0.525. The largest absolute Gasteiger partial charge is 0.472 e. The van der Waals surface area contributed by atoms with E-state index in [-0.39, 0.29) is 38.9 Å². The van der Waals surface area contributed by atoms with Crippen LogP contribution < -0.4 is 10.1 Å². The molecule has 3 N–H and O–H groups in total. The van der Waals surface area contributed by atoms with Crippen molar-refractivity contribution < 1.29 is 52.1 Å². The van der Waals surface area contributed by atoms with Gasteiger partial charge in [0.25, 0.3) is 0 Å². The fourth-order valence-electron chi connectivity index (χ4n) is 6.83. The minimum absolute atomic E-state index is 0.0894. The number of fused-ring (bicyclic) bond motifs is 6. The van der Waals surface area contributed by atoms with Crippen molar-refractivity contribution in [2.45, 2.75) is 48.1 Å². The third-order valence-corrected chi connectivity index (χ3v) is 10.5. The average molecular weight is 754 g/mol.